The molecule has 0 radical (unpaired) electrons. The lowest BCUT2D eigenvalue weighted by Crippen LogP contribution is -2.36. The quantitative estimate of drug-likeness (QED) is 0.0443. The third-order valence-electron chi connectivity index (χ3n) is 21.2. The van der Waals surface area contributed by atoms with Crippen LogP contribution >= 0.6 is 0 Å². The molecule has 0 spiro atoms. The van der Waals surface area contributed by atoms with E-state index in [9.17, 15) is 24.0 Å². The monoisotopic (exact) mass is 1670 g/mol. The number of nitrogens with two attached hydrogens (primary N) is 1. The van der Waals surface area contributed by atoms with Gasteiger partial charge in [-0.05, 0) is 186 Å². The minimum Gasteiger partial charge on any atom is -0.497 e. The van der Waals surface area contributed by atoms with Gasteiger partial charge in [0.15, 0.2) is 17.1 Å². The Morgan fingerprint density at radius 3 is 1.41 bits per heavy atom. The number of morpholine rings is 3. The molecule has 0 saturated carbocycles. The first-order valence-electron chi connectivity index (χ1n) is 40.7. The number of hydrogen-bond donors (Lipinski definition) is 5. The second kappa shape index (κ2) is 36.2. The topological polar surface area (TPSA) is 343 Å². The van der Waals surface area contributed by atoms with Crippen molar-refractivity contribution in [3.63, 3.8) is 0 Å². The summed E-state index contributed by atoms with van der Waals surface area (Å²) >= 11 is 0. The number of H-pyrrole nitrogens is 2. The first-order valence-corrected chi connectivity index (χ1v) is 40.7. The van der Waals surface area contributed by atoms with Gasteiger partial charge < -0.3 is 86.9 Å². The van der Waals surface area contributed by atoms with Gasteiger partial charge in [0.25, 0.3) is 11.1 Å². The number of nitrogen functional groups attached to an aromatic ring is 1. The van der Waals surface area contributed by atoms with Gasteiger partial charge in [-0.3, -0.25) is 40.0 Å². The number of benzene rings is 6. The standard InChI is InChI=1S/C34H34N4O7.C33H34N4O6.C28H26N4O4/c1-34(2,3)45-33(40)36-22-7-10-28-26(17-22)31(39)25-11-12-35-30(32(25)44-28)27-18-23(38-13-15-42-16-14-38)19-29(37-27)43-20-21-5-8-24(41-4)9-6-21;1-33(2,3)43-32(39)35-21-7-10-27-25(17-21)29(20-5-8-23(40-4)9-6-20)24-11-12-34-30(31(24)42-27)26-18-22(19-28(38)36-26)37-13-15-41-16-14-37;1-34-20-5-2-17(3-6-20)26-21-8-9-30-27(28(21)36-24-7-4-18(29)14-22(24)26)23-15-19(16-25(33)31-23)32-10-12-35-13-11-32/h5-12,17-19H,13-16,20H2,1-4H3,(H,36,40);5-12,17-19,29H,13-16H2,1-4H3,(H,35,39)(H,36,38);2-9,14-16,26H,10-13,29H2,1H3,(H,31,33). The molecule has 7 aromatic heterocycles. The average Bonchev–Trinajstić information content (AvgIpc) is 0.750. The van der Waals surface area contributed by atoms with E-state index >= 15 is 0 Å². The van der Waals surface area contributed by atoms with Crippen molar-refractivity contribution in [1.82, 2.24) is 29.9 Å². The maximum absolute atomic E-state index is 13.7. The SMILES string of the molecule is COc1ccc(C2c3cc(N)ccc3Oc3c2ccnc3-c2cc(N3CCOCC3)cc(=O)[nH]2)cc1.COc1ccc(C2c3cc(NC(=O)OC(C)(C)C)ccc3Oc3c2ccnc3-c2cc(N3CCOCC3)cc(=O)[nH]2)cc1.COc1ccc(COc2cc(N3CCOCC3)cc(-c3nccc4c(=O)c5cc(NC(=O)OC(C)(C)C)ccc5oc34)n2)cc1. The molecule has 3 saturated heterocycles. The van der Waals surface area contributed by atoms with E-state index in [1.165, 1.54) is 0 Å². The molecule has 5 aliphatic heterocycles. The number of carbonyl (C=O) groups excluding carboxylic acids is 2. The summed E-state index contributed by atoms with van der Waals surface area (Å²) < 4.78 is 68.8. The molecule has 13 aromatic rings. The van der Waals surface area contributed by atoms with Crippen molar-refractivity contribution in [3.8, 4) is 80.3 Å². The van der Waals surface area contributed by atoms with E-state index in [1.807, 2.05) is 160 Å². The van der Waals surface area contributed by atoms with Crippen molar-refractivity contribution >= 4 is 68.2 Å². The van der Waals surface area contributed by atoms with Crippen molar-refractivity contribution in [3.05, 3.63) is 270 Å². The molecule has 2 amide bonds. The van der Waals surface area contributed by atoms with Gasteiger partial charge in [0.05, 0.1) is 88.8 Å². The van der Waals surface area contributed by atoms with E-state index in [1.54, 1.807) is 103 Å². The van der Waals surface area contributed by atoms with Gasteiger partial charge in [-0.15, -0.1) is 0 Å². The van der Waals surface area contributed by atoms with Crippen LogP contribution in [0, 0.1) is 0 Å². The first-order chi connectivity index (χ1) is 59.9. The largest absolute Gasteiger partial charge is 0.497 e. The zero-order valence-corrected chi connectivity index (χ0v) is 70.0. The van der Waals surface area contributed by atoms with Crippen LogP contribution in [0.2, 0.25) is 0 Å². The molecule has 124 heavy (non-hydrogen) atoms. The molecule has 12 heterocycles. The summed E-state index contributed by atoms with van der Waals surface area (Å²) in [6, 6.07) is 55.9. The molecular formula is C95H94N12O17. The molecule has 636 valence electrons. The molecule has 3 fully saturated rings. The summed E-state index contributed by atoms with van der Waals surface area (Å²) in [7, 11) is 4.91. The number of hydrogen-bond acceptors (Lipinski definition) is 25. The Bertz CT molecular complexity index is 6290. The third kappa shape index (κ3) is 19.1. The van der Waals surface area contributed by atoms with Crippen LogP contribution in [0.25, 0.3) is 56.1 Å². The molecule has 2 unspecified atom stereocenters. The second-order valence-electron chi connectivity index (χ2n) is 32.0. The number of aromatic nitrogens is 6. The summed E-state index contributed by atoms with van der Waals surface area (Å²) in [4.78, 5) is 95.2. The fraction of sp³-hybridized carbons (Fsp3) is 0.274. The molecule has 2 atom stereocenters. The van der Waals surface area contributed by atoms with E-state index < -0.39 is 23.4 Å². The summed E-state index contributed by atoms with van der Waals surface area (Å²) in [5.41, 5.74) is 18.9. The zero-order chi connectivity index (χ0) is 86.3. The van der Waals surface area contributed by atoms with Gasteiger partial charge in [-0.25, -0.2) is 14.6 Å². The Balaban J connectivity index is 0.000000138. The lowest BCUT2D eigenvalue weighted by molar-refractivity contribution is 0.0624. The Labute approximate surface area is 713 Å². The minimum absolute atomic E-state index is 0.131. The van der Waals surface area contributed by atoms with Gasteiger partial charge in [0.2, 0.25) is 11.3 Å². The Kier molecular flexibility index (Phi) is 24.3. The minimum atomic E-state index is -0.659. The molecule has 29 heteroatoms. The van der Waals surface area contributed by atoms with Crippen LogP contribution in [-0.4, -0.2) is 154 Å². The van der Waals surface area contributed by atoms with Crippen molar-refractivity contribution in [2.75, 3.05) is 131 Å². The number of ether oxygens (including phenoxy) is 11. The number of rotatable bonds is 16. The fourth-order valence-electron chi connectivity index (χ4n) is 15.5. The van der Waals surface area contributed by atoms with Gasteiger partial charge >= 0.3 is 12.2 Å². The van der Waals surface area contributed by atoms with Gasteiger partial charge in [-0.1, -0.05) is 36.4 Å². The zero-order valence-electron chi connectivity index (χ0n) is 70.0. The average molecular weight is 1680 g/mol. The third-order valence-corrected chi connectivity index (χ3v) is 21.2. The number of anilines is 6. The number of nitrogens with one attached hydrogen (secondary N) is 4. The Morgan fingerprint density at radius 1 is 0.476 bits per heavy atom. The van der Waals surface area contributed by atoms with Crippen LogP contribution in [0.5, 0.6) is 46.1 Å². The smallest absolute Gasteiger partial charge is 0.412 e. The highest BCUT2D eigenvalue weighted by Gasteiger charge is 2.36. The number of pyridine rings is 6. The van der Waals surface area contributed by atoms with E-state index in [0.29, 0.717) is 174 Å². The van der Waals surface area contributed by atoms with Crippen LogP contribution in [0.3, 0.4) is 0 Å². The molecule has 29 nitrogen and oxygen atoms in total. The highest BCUT2D eigenvalue weighted by molar-refractivity contribution is 5.98. The fourth-order valence-corrected chi connectivity index (χ4v) is 15.5. The second-order valence-corrected chi connectivity index (χ2v) is 32.0. The first kappa shape index (κ1) is 83.4. The van der Waals surface area contributed by atoms with Gasteiger partial charge in [-0.2, -0.15) is 0 Å². The molecule has 6 aromatic carbocycles. The number of methoxy groups -OCH3 is 3. The van der Waals surface area contributed by atoms with Crippen molar-refractivity contribution in [2.24, 2.45) is 0 Å². The molecule has 18 rings (SSSR count). The Morgan fingerprint density at radius 2 is 0.919 bits per heavy atom. The van der Waals surface area contributed by atoms with Crippen molar-refractivity contribution < 1.29 is 66.1 Å². The summed E-state index contributed by atoms with van der Waals surface area (Å²) in [6.07, 6.45) is 3.88. The number of aromatic amines is 2. The van der Waals surface area contributed by atoms with Crippen LogP contribution in [0.1, 0.15) is 92.3 Å². The van der Waals surface area contributed by atoms with Crippen molar-refractivity contribution in [2.45, 2.75) is 71.2 Å². The van der Waals surface area contributed by atoms with Crippen LogP contribution < -0.4 is 76.0 Å². The highest BCUT2D eigenvalue weighted by Crippen LogP contribution is 2.53. The predicted molar refractivity (Wildman–Crippen MR) is 473 cm³/mol. The summed E-state index contributed by atoms with van der Waals surface area (Å²) in [5, 5.41) is 6.17. The van der Waals surface area contributed by atoms with E-state index in [-0.39, 0.29) is 28.4 Å². The molecule has 0 aliphatic carbocycles. The highest BCUT2D eigenvalue weighted by atomic mass is 16.6. The maximum atomic E-state index is 13.7. The maximum Gasteiger partial charge on any atom is 0.412 e. The van der Waals surface area contributed by atoms with Crippen LogP contribution in [-0.2, 0) is 30.3 Å². The number of fused-ring (bicyclic) bond motifs is 6. The molecule has 0 bridgehead atoms. The van der Waals surface area contributed by atoms with Gasteiger partial charge in [0.1, 0.15) is 69.2 Å². The van der Waals surface area contributed by atoms with Gasteiger partial charge in [0, 0.05) is 144 Å². The van der Waals surface area contributed by atoms with Crippen LogP contribution in [0.4, 0.5) is 43.7 Å². The van der Waals surface area contributed by atoms with E-state index in [4.69, 9.17) is 67.2 Å². The summed E-state index contributed by atoms with van der Waals surface area (Å²) in [6.45, 7) is 19.1. The molecular weight excluding hydrogens is 1580 g/mol. The predicted octanol–water partition coefficient (Wildman–Crippen LogP) is 16.2. The number of amides is 2. The number of carbonyl (C=O) groups is 2. The van der Waals surface area contributed by atoms with Crippen LogP contribution in [0.15, 0.2) is 219 Å². The summed E-state index contributed by atoms with van der Waals surface area (Å²) in [5.74, 6) is 4.79. The van der Waals surface area contributed by atoms with Crippen molar-refractivity contribution in [1.29, 1.82) is 0 Å². The van der Waals surface area contributed by atoms with E-state index in [0.717, 1.165) is 86.3 Å². The molecule has 5 aliphatic rings. The lowest BCUT2D eigenvalue weighted by atomic mass is 9.82. The lowest BCUT2D eigenvalue weighted by Gasteiger charge is -2.31. The van der Waals surface area contributed by atoms with E-state index in [2.05, 4.69) is 50.3 Å². The number of nitrogens with zero attached hydrogens (tertiary/aromatic N) is 7. The Hall–Kier alpha value is -14.3. The normalized spacial score (nSPS) is 15.3. The molecule has 6 N–H and O–H groups in total.